The summed E-state index contributed by atoms with van der Waals surface area (Å²) in [4.78, 5) is 26.5. The van der Waals surface area contributed by atoms with Gasteiger partial charge in [-0.15, -0.1) is 0 Å². The van der Waals surface area contributed by atoms with Crippen LogP contribution in [0, 0.1) is 5.41 Å². The minimum atomic E-state index is 0.0149. The van der Waals surface area contributed by atoms with Gasteiger partial charge in [0.1, 0.15) is 5.69 Å². The summed E-state index contributed by atoms with van der Waals surface area (Å²) in [5, 5.41) is 6.07. The van der Waals surface area contributed by atoms with E-state index in [1.807, 2.05) is 4.90 Å². The number of hydrogen-bond acceptors (Lipinski definition) is 3. The molecule has 124 valence electrons. The van der Waals surface area contributed by atoms with Crippen molar-refractivity contribution in [1.82, 2.24) is 20.1 Å². The monoisotopic (exact) mass is 316 g/mol. The van der Waals surface area contributed by atoms with E-state index in [1.54, 1.807) is 0 Å². The average Bonchev–Trinajstić information content (AvgIpc) is 2.95. The van der Waals surface area contributed by atoms with Crippen LogP contribution in [0.3, 0.4) is 0 Å². The second-order valence-electron chi connectivity index (χ2n) is 7.67. The topological polar surface area (TPSA) is 66.4 Å². The van der Waals surface area contributed by atoms with Crippen molar-refractivity contribution in [1.29, 1.82) is 0 Å². The van der Waals surface area contributed by atoms with Crippen molar-refractivity contribution < 1.29 is 9.59 Å². The summed E-state index contributed by atoms with van der Waals surface area (Å²) in [6.45, 7) is 8.59. The second kappa shape index (κ2) is 5.09. The van der Waals surface area contributed by atoms with E-state index in [1.165, 1.54) is 11.3 Å². The number of nitrogens with zero attached hydrogens (tertiary/aromatic N) is 2. The lowest BCUT2D eigenvalue weighted by Crippen LogP contribution is -2.48. The smallest absolute Gasteiger partial charge is 0.268 e. The van der Waals surface area contributed by atoms with Gasteiger partial charge >= 0.3 is 0 Å². The molecule has 0 aromatic carbocycles. The molecule has 4 rings (SSSR count). The molecular weight excluding hydrogens is 292 g/mol. The predicted octanol–water partition coefficient (Wildman–Crippen LogP) is 0.288. The molecule has 0 radical (unpaired) electrons. The maximum atomic E-state index is 12.4. The Balaban J connectivity index is 1.76. The quantitative estimate of drug-likeness (QED) is 0.824. The van der Waals surface area contributed by atoms with Crippen molar-refractivity contribution in [3.8, 4) is 0 Å². The number of amides is 2. The number of nitrogens with one attached hydrogen (secondary N) is 2. The van der Waals surface area contributed by atoms with Gasteiger partial charge in [-0.1, -0.05) is 13.8 Å². The van der Waals surface area contributed by atoms with Crippen molar-refractivity contribution in [2.45, 2.75) is 39.8 Å². The van der Waals surface area contributed by atoms with Crippen LogP contribution in [0.25, 0.3) is 0 Å². The molecule has 2 aliphatic heterocycles. The third kappa shape index (κ3) is 2.36. The molecule has 2 N–H and O–H groups in total. The molecule has 1 saturated heterocycles. The summed E-state index contributed by atoms with van der Waals surface area (Å²) in [6.07, 6.45) is 2.00. The van der Waals surface area contributed by atoms with Crippen LogP contribution in [0.15, 0.2) is 0 Å². The average molecular weight is 316 g/mol. The van der Waals surface area contributed by atoms with Crippen molar-refractivity contribution in [3.63, 3.8) is 0 Å². The van der Waals surface area contributed by atoms with E-state index in [-0.39, 0.29) is 17.2 Å². The third-order valence-corrected chi connectivity index (χ3v) is 5.27. The summed E-state index contributed by atoms with van der Waals surface area (Å²) >= 11 is 0. The van der Waals surface area contributed by atoms with E-state index in [4.69, 9.17) is 0 Å². The van der Waals surface area contributed by atoms with Crippen molar-refractivity contribution in [2.75, 3.05) is 26.2 Å². The molecule has 0 saturated carbocycles. The van der Waals surface area contributed by atoms with E-state index in [0.29, 0.717) is 26.2 Å². The van der Waals surface area contributed by atoms with Gasteiger partial charge in [-0.2, -0.15) is 0 Å². The molecule has 0 atom stereocenters. The van der Waals surface area contributed by atoms with Crippen LogP contribution in [0.4, 0.5) is 0 Å². The Hall–Kier alpha value is -1.82. The lowest BCUT2D eigenvalue weighted by molar-refractivity contribution is -0.132. The van der Waals surface area contributed by atoms with Gasteiger partial charge in [0.25, 0.3) is 5.91 Å². The molecule has 0 spiro atoms. The normalized spacial score (nSPS) is 22.8. The van der Waals surface area contributed by atoms with Crippen molar-refractivity contribution >= 4 is 11.8 Å². The fourth-order valence-corrected chi connectivity index (χ4v) is 4.23. The first-order valence-electron chi connectivity index (χ1n) is 8.46. The lowest BCUT2D eigenvalue weighted by atomic mass is 9.89. The second-order valence-corrected chi connectivity index (χ2v) is 7.67. The summed E-state index contributed by atoms with van der Waals surface area (Å²) in [6, 6.07) is 0. The Morgan fingerprint density at radius 3 is 2.74 bits per heavy atom. The SMILES string of the molecule is CC1(C)Cc2c(CN3CCNCC3=O)c3n(c2C1)CCNC3=O. The minimum Gasteiger partial charge on any atom is -0.349 e. The number of carbonyl (C=O) groups excluding carboxylic acids is 2. The molecule has 1 aromatic rings. The van der Waals surface area contributed by atoms with E-state index in [9.17, 15) is 9.59 Å². The summed E-state index contributed by atoms with van der Waals surface area (Å²) in [5.74, 6) is 0.138. The van der Waals surface area contributed by atoms with Gasteiger partial charge in [0.2, 0.25) is 5.91 Å². The third-order valence-electron chi connectivity index (χ3n) is 5.27. The predicted molar refractivity (Wildman–Crippen MR) is 86.2 cm³/mol. The van der Waals surface area contributed by atoms with E-state index < -0.39 is 0 Å². The molecule has 0 bridgehead atoms. The van der Waals surface area contributed by atoms with Crippen LogP contribution < -0.4 is 10.6 Å². The molecule has 23 heavy (non-hydrogen) atoms. The van der Waals surface area contributed by atoms with Gasteiger partial charge < -0.3 is 20.1 Å². The highest BCUT2D eigenvalue weighted by atomic mass is 16.2. The first-order valence-corrected chi connectivity index (χ1v) is 8.46. The molecular formula is C17H24N4O2. The number of rotatable bonds is 2. The van der Waals surface area contributed by atoms with Crippen molar-refractivity contribution in [2.24, 2.45) is 5.41 Å². The maximum absolute atomic E-state index is 12.4. The van der Waals surface area contributed by atoms with Crippen LogP contribution in [0.2, 0.25) is 0 Å². The van der Waals surface area contributed by atoms with Crippen LogP contribution in [0.1, 0.15) is 41.2 Å². The Morgan fingerprint density at radius 1 is 1.13 bits per heavy atom. The van der Waals surface area contributed by atoms with E-state index in [2.05, 4.69) is 29.0 Å². The molecule has 6 heteroatoms. The van der Waals surface area contributed by atoms with Crippen LogP contribution >= 0.6 is 0 Å². The van der Waals surface area contributed by atoms with Gasteiger partial charge in [0.15, 0.2) is 0 Å². The van der Waals surface area contributed by atoms with Crippen LogP contribution in [-0.2, 0) is 30.7 Å². The summed E-state index contributed by atoms with van der Waals surface area (Å²) in [5.41, 5.74) is 4.75. The maximum Gasteiger partial charge on any atom is 0.268 e. The summed E-state index contributed by atoms with van der Waals surface area (Å²) in [7, 11) is 0. The fourth-order valence-electron chi connectivity index (χ4n) is 4.23. The van der Waals surface area contributed by atoms with Gasteiger partial charge in [0, 0.05) is 44.0 Å². The summed E-state index contributed by atoms with van der Waals surface area (Å²) < 4.78 is 2.21. The van der Waals surface area contributed by atoms with Gasteiger partial charge in [-0.25, -0.2) is 0 Å². The highest BCUT2D eigenvalue weighted by Gasteiger charge is 2.39. The highest BCUT2D eigenvalue weighted by Crippen LogP contribution is 2.41. The molecule has 1 fully saturated rings. The first-order chi connectivity index (χ1) is 11.0. The van der Waals surface area contributed by atoms with E-state index in [0.717, 1.165) is 37.2 Å². The van der Waals surface area contributed by atoms with Gasteiger partial charge in [0.05, 0.1) is 6.54 Å². The fraction of sp³-hybridized carbons (Fsp3) is 0.647. The standard InChI is InChI=1S/C17H24N4O2/c1-17(2)7-11-12(10-20-5-3-18-9-14(20)22)15-16(23)19-4-6-21(15)13(11)8-17/h18H,3-10H2,1-2H3,(H,19,23). The largest absolute Gasteiger partial charge is 0.349 e. The number of fused-ring (bicyclic) bond motifs is 3. The van der Waals surface area contributed by atoms with Gasteiger partial charge in [-0.05, 0) is 23.8 Å². The zero-order valence-electron chi connectivity index (χ0n) is 13.9. The molecule has 3 aliphatic rings. The molecule has 0 unspecified atom stereocenters. The van der Waals surface area contributed by atoms with Gasteiger partial charge in [-0.3, -0.25) is 9.59 Å². The Morgan fingerprint density at radius 2 is 1.96 bits per heavy atom. The minimum absolute atomic E-state index is 0.0149. The molecule has 6 nitrogen and oxygen atoms in total. The zero-order chi connectivity index (χ0) is 16.2. The number of piperazine rings is 1. The molecule has 2 amide bonds. The first kappa shape index (κ1) is 14.8. The zero-order valence-corrected chi connectivity index (χ0v) is 13.9. The lowest BCUT2D eigenvalue weighted by Gasteiger charge is -2.29. The Labute approximate surface area is 136 Å². The number of hydrogen-bond donors (Lipinski definition) is 2. The molecule has 1 aliphatic carbocycles. The number of carbonyl (C=O) groups is 2. The van der Waals surface area contributed by atoms with Crippen LogP contribution in [0.5, 0.6) is 0 Å². The van der Waals surface area contributed by atoms with Crippen LogP contribution in [-0.4, -0.2) is 47.5 Å². The van der Waals surface area contributed by atoms with E-state index >= 15 is 0 Å². The Kier molecular flexibility index (Phi) is 3.27. The molecule has 1 aromatic heterocycles. The molecule has 3 heterocycles. The number of aromatic nitrogens is 1. The Bertz CT molecular complexity index is 689. The van der Waals surface area contributed by atoms with Crippen molar-refractivity contribution in [3.05, 3.63) is 22.5 Å². The highest BCUT2D eigenvalue weighted by molar-refractivity contribution is 5.96.